The second-order valence-electron chi connectivity index (χ2n) is 4.83. The summed E-state index contributed by atoms with van der Waals surface area (Å²) in [5, 5.41) is 2.93. The minimum Gasteiger partial charge on any atom is -0.379 e. The fourth-order valence-electron chi connectivity index (χ4n) is 2.33. The molecule has 0 atom stereocenters. The molecule has 0 saturated carbocycles. The van der Waals surface area contributed by atoms with Crippen LogP contribution in [-0.2, 0) is 4.74 Å². The summed E-state index contributed by atoms with van der Waals surface area (Å²) in [6.07, 6.45) is 1.72. The molecule has 1 aliphatic heterocycles. The number of fused-ring (bicyclic) bond motifs is 1. The molecule has 2 aromatic rings. The molecule has 1 aliphatic rings. The van der Waals surface area contributed by atoms with Crippen LogP contribution in [0, 0.1) is 0 Å². The average molecular weight is 274 g/mol. The van der Waals surface area contributed by atoms with Crippen molar-refractivity contribution in [1.29, 1.82) is 0 Å². The molecular weight excluding hydrogens is 256 g/mol. The number of ether oxygens (including phenoxy) is 1. The van der Waals surface area contributed by atoms with Crippen molar-refractivity contribution in [3.8, 4) is 0 Å². The minimum absolute atomic E-state index is 0.0868. The van der Waals surface area contributed by atoms with E-state index in [1.54, 1.807) is 12.3 Å². The highest BCUT2D eigenvalue weighted by Gasteiger charge is 2.12. The number of hydrogen-bond acceptors (Lipinski definition) is 4. The van der Waals surface area contributed by atoms with Crippen molar-refractivity contribution in [3.05, 3.63) is 30.1 Å². The standard InChI is InChI=1S/C14H18N4O2/c19-14(16-4-5-18-6-8-20-9-7-18)13-10-12-11(17-13)2-1-3-15-12/h1-3,10,17H,4-9H2,(H,16,19). The van der Waals surface area contributed by atoms with Crippen molar-refractivity contribution in [2.45, 2.75) is 0 Å². The van der Waals surface area contributed by atoms with Crippen molar-refractivity contribution >= 4 is 16.9 Å². The predicted octanol–water partition coefficient (Wildman–Crippen LogP) is 0.625. The van der Waals surface area contributed by atoms with Crippen molar-refractivity contribution in [2.24, 2.45) is 0 Å². The SMILES string of the molecule is O=C(NCCN1CCOCC1)c1cc2ncccc2[nH]1. The largest absolute Gasteiger partial charge is 0.379 e. The molecule has 2 N–H and O–H groups in total. The molecule has 3 heterocycles. The molecular formula is C14H18N4O2. The third-order valence-corrected chi connectivity index (χ3v) is 3.45. The fourth-order valence-corrected chi connectivity index (χ4v) is 2.33. The Hall–Kier alpha value is -1.92. The van der Waals surface area contributed by atoms with E-state index in [4.69, 9.17) is 4.74 Å². The molecule has 0 spiro atoms. The van der Waals surface area contributed by atoms with Crippen LogP contribution in [0.4, 0.5) is 0 Å². The minimum atomic E-state index is -0.0868. The highest BCUT2D eigenvalue weighted by Crippen LogP contribution is 2.11. The van der Waals surface area contributed by atoms with Crippen LogP contribution in [0.3, 0.4) is 0 Å². The number of hydrogen-bond donors (Lipinski definition) is 2. The molecule has 0 radical (unpaired) electrons. The first kappa shape index (κ1) is 13.1. The summed E-state index contributed by atoms with van der Waals surface area (Å²) < 4.78 is 5.29. The molecule has 6 heteroatoms. The van der Waals surface area contributed by atoms with E-state index in [1.807, 2.05) is 12.1 Å². The molecule has 20 heavy (non-hydrogen) atoms. The summed E-state index contributed by atoms with van der Waals surface area (Å²) in [5.41, 5.74) is 2.25. The first-order valence-corrected chi connectivity index (χ1v) is 6.85. The normalized spacial score (nSPS) is 16.4. The Bertz CT molecular complexity index is 557. The number of amides is 1. The third kappa shape index (κ3) is 2.97. The quantitative estimate of drug-likeness (QED) is 0.857. The molecule has 0 aromatic carbocycles. The van der Waals surface area contributed by atoms with E-state index in [0.29, 0.717) is 12.2 Å². The molecule has 3 rings (SSSR count). The van der Waals surface area contributed by atoms with Crippen LogP contribution in [0.5, 0.6) is 0 Å². The van der Waals surface area contributed by atoms with Gasteiger partial charge in [-0.05, 0) is 18.2 Å². The number of carbonyl (C=O) groups is 1. The van der Waals surface area contributed by atoms with E-state index in [-0.39, 0.29) is 5.91 Å². The van der Waals surface area contributed by atoms with Gasteiger partial charge in [0.2, 0.25) is 0 Å². The maximum absolute atomic E-state index is 12.0. The van der Waals surface area contributed by atoms with Gasteiger partial charge >= 0.3 is 0 Å². The van der Waals surface area contributed by atoms with Crippen LogP contribution in [0.2, 0.25) is 0 Å². The summed E-state index contributed by atoms with van der Waals surface area (Å²) in [7, 11) is 0. The van der Waals surface area contributed by atoms with E-state index < -0.39 is 0 Å². The number of aromatic amines is 1. The van der Waals surface area contributed by atoms with Crippen LogP contribution in [0.15, 0.2) is 24.4 Å². The summed E-state index contributed by atoms with van der Waals surface area (Å²) in [5.74, 6) is -0.0868. The van der Waals surface area contributed by atoms with Gasteiger partial charge in [0, 0.05) is 32.4 Å². The summed E-state index contributed by atoms with van der Waals surface area (Å²) in [6.45, 7) is 4.93. The highest BCUT2D eigenvalue weighted by molar-refractivity contribution is 5.96. The first-order valence-electron chi connectivity index (χ1n) is 6.85. The van der Waals surface area contributed by atoms with Gasteiger partial charge in [-0.1, -0.05) is 0 Å². The van der Waals surface area contributed by atoms with Gasteiger partial charge in [0.1, 0.15) is 5.69 Å². The van der Waals surface area contributed by atoms with Gasteiger partial charge in [-0.15, -0.1) is 0 Å². The van der Waals surface area contributed by atoms with E-state index >= 15 is 0 Å². The highest BCUT2D eigenvalue weighted by atomic mass is 16.5. The van der Waals surface area contributed by atoms with Crippen LogP contribution in [-0.4, -0.2) is 60.2 Å². The van der Waals surface area contributed by atoms with Crippen molar-refractivity contribution in [1.82, 2.24) is 20.2 Å². The molecule has 1 amide bonds. The number of pyridine rings is 1. The lowest BCUT2D eigenvalue weighted by Gasteiger charge is -2.26. The molecule has 1 saturated heterocycles. The van der Waals surface area contributed by atoms with Gasteiger partial charge in [0.25, 0.3) is 5.91 Å². The van der Waals surface area contributed by atoms with Gasteiger partial charge in [0.15, 0.2) is 0 Å². The van der Waals surface area contributed by atoms with Crippen molar-refractivity contribution in [3.63, 3.8) is 0 Å². The van der Waals surface area contributed by atoms with Crippen LogP contribution in [0.25, 0.3) is 11.0 Å². The smallest absolute Gasteiger partial charge is 0.267 e. The number of nitrogens with one attached hydrogen (secondary N) is 2. The number of aromatic nitrogens is 2. The lowest BCUT2D eigenvalue weighted by Crippen LogP contribution is -2.41. The summed E-state index contributed by atoms with van der Waals surface area (Å²) >= 11 is 0. The van der Waals surface area contributed by atoms with E-state index in [1.165, 1.54) is 0 Å². The average Bonchev–Trinajstić information content (AvgIpc) is 2.92. The van der Waals surface area contributed by atoms with Gasteiger partial charge < -0.3 is 15.0 Å². The topological polar surface area (TPSA) is 70.2 Å². The number of morpholine rings is 1. The number of carbonyl (C=O) groups excluding carboxylic acids is 1. The van der Waals surface area contributed by atoms with Gasteiger partial charge in [-0.25, -0.2) is 0 Å². The predicted molar refractivity (Wildman–Crippen MR) is 75.7 cm³/mol. The van der Waals surface area contributed by atoms with Crippen molar-refractivity contribution < 1.29 is 9.53 Å². The Kier molecular flexibility index (Phi) is 3.94. The Morgan fingerprint density at radius 2 is 2.30 bits per heavy atom. The number of rotatable bonds is 4. The third-order valence-electron chi connectivity index (χ3n) is 3.45. The second kappa shape index (κ2) is 6.02. The van der Waals surface area contributed by atoms with Gasteiger partial charge in [-0.2, -0.15) is 0 Å². The molecule has 0 aliphatic carbocycles. The second-order valence-corrected chi connectivity index (χ2v) is 4.83. The van der Waals surface area contributed by atoms with E-state index in [0.717, 1.165) is 43.9 Å². The Balaban J connectivity index is 1.53. The van der Waals surface area contributed by atoms with Gasteiger partial charge in [-0.3, -0.25) is 14.7 Å². The Labute approximate surface area is 117 Å². The fraction of sp³-hybridized carbons (Fsp3) is 0.429. The Morgan fingerprint density at radius 1 is 1.45 bits per heavy atom. The molecule has 0 unspecified atom stereocenters. The van der Waals surface area contributed by atoms with Crippen molar-refractivity contribution in [2.75, 3.05) is 39.4 Å². The maximum Gasteiger partial charge on any atom is 0.267 e. The van der Waals surface area contributed by atoms with E-state index in [2.05, 4.69) is 20.2 Å². The van der Waals surface area contributed by atoms with Crippen LogP contribution >= 0.6 is 0 Å². The lowest BCUT2D eigenvalue weighted by molar-refractivity contribution is 0.0383. The monoisotopic (exact) mass is 274 g/mol. The van der Waals surface area contributed by atoms with Gasteiger partial charge in [0.05, 0.1) is 24.2 Å². The molecule has 6 nitrogen and oxygen atoms in total. The van der Waals surface area contributed by atoms with E-state index in [9.17, 15) is 4.79 Å². The first-order chi connectivity index (χ1) is 9.83. The molecule has 1 fully saturated rings. The summed E-state index contributed by atoms with van der Waals surface area (Å²) in [4.78, 5) is 21.6. The summed E-state index contributed by atoms with van der Waals surface area (Å²) in [6, 6.07) is 5.53. The zero-order valence-electron chi connectivity index (χ0n) is 11.3. The zero-order valence-corrected chi connectivity index (χ0v) is 11.3. The maximum atomic E-state index is 12.0. The van der Waals surface area contributed by atoms with Crippen LogP contribution < -0.4 is 5.32 Å². The molecule has 106 valence electrons. The number of nitrogens with zero attached hydrogens (tertiary/aromatic N) is 2. The molecule has 2 aromatic heterocycles. The lowest BCUT2D eigenvalue weighted by atomic mass is 10.3. The van der Waals surface area contributed by atoms with Crippen LogP contribution in [0.1, 0.15) is 10.5 Å². The Morgan fingerprint density at radius 3 is 3.10 bits per heavy atom. The molecule has 0 bridgehead atoms. The number of H-pyrrole nitrogens is 1. The zero-order chi connectivity index (χ0) is 13.8.